The SMILES string of the molecule is CC(C)OC(=C1CCC1)C(C)(C)NNCOC(C)Cn1cnc2c(N)ncnc21.N#Cc1cccc(S)c1. The predicted molar refractivity (Wildman–Crippen MR) is 151 cm³/mol. The van der Waals surface area contributed by atoms with Gasteiger partial charge in [-0.3, -0.25) is 0 Å². The van der Waals surface area contributed by atoms with E-state index in [1.807, 2.05) is 23.6 Å². The number of hydrazine groups is 1. The second-order valence-corrected chi connectivity index (χ2v) is 10.5. The standard InChI is InChI=1S/C20H33N7O2.C7H5NS/c1-13(2)29-17(15-7-6-8-15)20(4,5)26-25-12-28-14(3)9-27-11-24-16-18(21)22-10-23-19(16)27;8-5-6-2-1-3-7(9)4-6/h10-11,13-14,25-26H,6-9,12H2,1-5H3,(H2,21,22,23);1-4,9H. The summed E-state index contributed by atoms with van der Waals surface area (Å²) in [4.78, 5) is 13.3. The fourth-order valence-corrected chi connectivity index (χ4v) is 4.15. The molecular formula is C27H38N8O2S. The van der Waals surface area contributed by atoms with Gasteiger partial charge in [0.1, 0.15) is 24.3 Å². The van der Waals surface area contributed by atoms with E-state index < -0.39 is 0 Å². The molecule has 1 saturated carbocycles. The number of aromatic nitrogens is 4. The number of allylic oxidation sites excluding steroid dienone is 1. The summed E-state index contributed by atoms with van der Waals surface area (Å²) in [5, 5.41) is 8.38. The third kappa shape index (κ3) is 8.16. The van der Waals surface area contributed by atoms with E-state index in [4.69, 9.17) is 20.5 Å². The minimum Gasteiger partial charge on any atom is -0.493 e. The lowest BCUT2D eigenvalue weighted by Gasteiger charge is -2.35. The molecule has 1 aliphatic rings. The number of nitrogen functional groups attached to an aromatic ring is 1. The van der Waals surface area contributed by atoms with Crippen LogP contribution >= 0.6 is 12.6 Å². The molecule has 2 heterocycles. The first kappa shape index (κ1) is 29.4. The van der Waals surface area contributed by atoms with Gasteiger partial charge in [0.05, 0.1) is 42.3 Å². The summed E-state index contributed by atoms with van der Waals surface area (Å²) in [5.74, 6) is 1.43. The lowest BCUT2D eigenvalue weighted by atomic mass is 9.86. The van der Waals surface area contributed by atoms with Crippen LogP contribution in [0.2, 0.25) is 0 Å². The molecule has 2 aromatic heterocycles. The molecule has 204 valence electrons. The molecule has 3 aromatic rings. The zero-order valence-electron chi connectivity index (χ0n) is 22.7. The summed E-state index contributed by atoms with van der Waals surface area (Å²) in [5.41, 5.74) is 15.4. The van der Waals surface area contributed by atoms with E-state index in [1.54, 1.807) is 24.5 Å². The Kier molecular flexibility index (Phi) is 10.5. The maximum Gasteiger partial charge on any atom is 0.165 e. The molecule has 1 atom stereocenters. The summed E-state index contributed by atoms with van der Waals surface area (Å²) in [6.07, 6.45) is 6.74. The van der Waals surface area contributed by atoms with Gasteiger partial charge in [0, 0.05) is 4.90 Å². The number of hydrogen-bond acceptors (Lipinski definition) is 10. The fraction of sp³-hybridized carbons (Fsp3) is 0.481. The van der Waals surface area contributed by atoms with E-state index in [-0.39, 0.29) is 17.7 Å². The number of nitrogens with zero attached hydrogens (tertiary/aromatic N) is 5. The fourth-order valence-electron chi connectivity index (χ4n) is 3.92. The Labute approximate surface area is 230 Å². The Balaban J connectivity index is 0.000000375. The van der Waals surface area contributed by atoms with Gasteiger partial charge in [-0.15, -0.1) is 12.6 Å². The van der Waals surface area contributed by atoms with Gasteiger partial charge in [0.25, 0.3) is 0 Å². The van der Waals surface area contributed by atoms with Gasteiger partial charge in [0.15, 0.2) is 11.5 Å². The monoisotopic (exact) mass is 538 g/mol. The van der Waals surface area contributed by atoms with Gasteiger partial charge < -0.3 is 19.8 Å². The van der Waals surface area contributed by atoms with Crippen molar-refractivity contribution in [3.8, 4) is 6.07 Å². The van der Waals surface area contributed by atoms with Crippen LogP contribution in [0.5, 0.6) is 0 Å². The quantitative estimate of drug-likeness (QED) is 0.0976. The number of hydrogen-bond donors (Lipinski definition) is 4. The van der Waals surface area contributed by atoms with Crippen LogP contribution in [0.15, 0.2) is 53.1 Å². The minimum atomic E-state index is -0.318. The average molecular weight is 539 g/mol. The minimum absolute atomic E-state index is 0.0441. The van der Waals surface area contributed by atoms with Crippen LogP contribution in [0.25, 0.3) is 11.2 Å². The van der Waals surface area contributed by atoms with Crippen LogP contribution in [0.3, 0.4) is 0 Å². The van der Waals surface area contributed by atoms with Gasteiger partial charge in [-0.05, 0) is 77.7 Å². The van der Waals surface area contributed by atoms with E-state index in [0.29, 0.717) is 35.8 Å². The topological polar surface area (TPSA) is 136 Å². The van der Waals surface area contributed by atoms with Crippen molar-refractivity contribution in [2.24, 2.45) is 0 Å². The molecule has 0 spiro atoms. The molecule has 0 bridgehead atoms. The Bertz CT molecular complexity index is 1280. The number of benzene rings is 1. The number of nitrogens with one attached hydrogen (secondary N) is 2. The average Bonchev–Trinajstić information content (AvgIpc) is 3.24. The Morgan fingerprint density at radius 1 is 1.24 bits per heavy atom. The largest absolute Gasteiger partial charge is 0.493 e. The number of ether oxygens (including phenoxy) is 2. The van der Waals surface area contributed by atoms with Crippen molar-refractivity contribution in [3.05, 3.63) is 53.8 Å². The van der Waals surface area contributed by atoms with Crippen molar-refractivity contribution < 1.29 is 9.47 Å². The number of nitriles is 1. The number of rotatable bonds is 10. The summed E-state index contributed by atoms with van der Waals surface area (Å²) in [7, 11) is 0. The molecule has 1 unspecified atom stereocenters. The first-order chi connectivity index (χ1) is 18.1. The van der Waals surface area contributed by atoms with Crippen LogP contribution in [0.4, 0.5) is 5.82 Å². The first-order valence-electron chi connectivity index (χ1n) is 12.7. The third-order valence-electron chi connectivity index (χ3n) is 5.90. The number of nitrogens with two attached hydrogens (primary N) is 1. The third-order valence-corrected chi connectivity index (χ3v) is 6.18. The molecule has 1 fully saturated rings. The van der Waals surface area contributed by atoms with Gasteiger partial charge in [-0.2, -0.15) is 5.26 Å². The molecule has 4 N–H and O–H groups in total. The number of fused-ring (bicyclic) bond motifs is 1. The highest BCUT2D eigenvalue weighted by atomic mass is 32.1. The molecule has 1 aliphatic carbocycles. The number of anilines is 1. The summed E-state index contributed by atoms with van der Waals surface area (Å²) in [6.45, 7) is 11.3. The maximum atomic E-state index is 8.38. The lowest BCUT2D eigenvalue weighted by molar-refractivity contribution is 0.0251. The van der Waals surface area contributed by atoms with Crippen LogP contribution in [-0.2, 0) is 16.0 Å². The van der Waals surface area contributed by atoms with Crippen molar-refractivity contribution in [2.45, 2.75) is 83.1 Å². The van der Waals surface area contributed by atoms with Crippen LogP contribution in [-0.4, -0.2) is 44.0 Å². The van der Waals surface area contributed by atoms with E-state index in [1.165, 1.54) is 18.3 Å². The zero-order valence-corrected chi connectivity index (χ0v) is 23.6. The van der Waals surface area contributed by atoms with Crippen LogP contribution in [0.1, 0.15) is 59.4 Å². The highest BCUT2D eigenvalue weighted by Gasteiger charge is 2.30. The predicted octanol–water partition coefficient (Wildman–Crippen LogP) is 4.35. The smallest absolute Gasteiger partial charge is 0.165 e. The highest BCUT2D eigenvalue weighted by Crippen LogP contribution is 2.34. The van der Waals surface area contributed by atoms with Crippen molar-refractivity contribution in [3.63, 3.8) is 0 Å². The van der Waals surface area contributed by atoms with Crippen LogP contribution in [0, 0.1) is 11.3 Å². The Morgan fingerprint density at radius 3 is 2.61 bits per heavy atom. The highest BCUT2D eigenvalue weighted by molar-refractivity contribution is 7.80. The van der Waals surface area contributed by atoms with Gasteiger partial charge >= 0.3 is 0 Å². The van der Waals surface area contributed by atoms with E-state index >= 15 is 0 Å². The molecular weight excluding hydrogens is 500 g/mol. The lowest BCUT2D eigenvalue weighted by Crippen LogP contribution is -2.51. The van der Waals surface area contributed by atoms with E-state index in [0.717, 1.165) is 23.5 Å². The van der Waals surface area contributed by atoms with Crippen molar-refractivity contribution >= 4 is 29.6 Å². The van der Waals surface area contributed by atoms with Crippen molar-refractivity contribution in [2.75, 3.05) is 12.5 Å². The molecule has 0 saturated heterocycles. The molecule has 0 amide bonds. The van der Waals surface area contributed by atoms with E-state index in [2.05, 4.69) is 66.1 Å². The Morgan fingerprint density at radius 2 is 2.00 bits per heavy atom. The van der Waals surface area contributed by atoms with E-state index in [9.17, 15) is 0 Å². The normalized spacial score (nSPS) is 13.9. The Hall–Kier alpha value is -3.17. The second kappa shape index (κ2) is 13.6. The second-order valence-electron chi connectivity index (χ2n) is 9.99. The van der Waals surface area contributed by atoms with Gasteiger partial charge in [0.2, 0.25) is 0 Å². The maximum absolute atomic E-state index is 8.38. The number of thiol groups is 1. The van der Waals surface area contributed by atoms with Crippen molar-refractivity contribution in [1.29, 1.82) is 5.26 Å². The number of imidazole rings is 1. The molecule has 10 nitrogen and oxygen atoms in total. The summed E-state index contributed by atoms with van der Waals surface area (Å²) in [6, 6.07) is 9.14. The molecule has 0 aliphatic heterocycles. The van der Waals surface area contributed by atoms with Gasteiger partial charge in [-0.1, -0.05) is 6.07 Å². The van der Waals surface area contributed by atoms with Gasteiger partial charge in [-0.25, -0.2) is 25.8 Å². The molecule has 38 heavy (non-hydrogen) atoms. The molecule has 4 rings (SSSR count). The summed E-state index contributed by atoms with van der Waals surface area (Å²) < 4.78 is 13.9. The molecule has 11 heteroatoms. The first-order valence-corrected chi connectivity index (χ1v) is 13.2. The van der Waals surface area contributed by atoms with Crippen LogP contribution < -0.4 is 16.6 Å². The zero-order chi connectivity index (χ0) is 27.7. The molecule has 1 aromatic carbocycles. The summed E-state index contributed by atoms with van der Waals surface area (Å²) >= 11 is 4.06. The molecule has 0 radical (unpaired) electrons. The van der Waals surface area contributed by atoms with Crippen molar-refractivity contribution in [1.82, 2.24) is 30.4 Å².